The summed E-state index contributed by atoms with van der Waals surface area (Å²) in [6.07, 6.45) is 0.843. The van der Waals surface area contributed by atoms with E-state index in [4.69, 9.17) is 5.73 Å². The molecule has 1 rings (SSSR count). The largest absolute Gasteiger partial charge is 0.327 e. The van der Waals surface area contributed by atoms with Gasteiger partial charge >= 0.3 is 0 Å². The summed E-state index contributed by atoms with van der Waals surface area (Å²) in [6.45, 7) is 0.160. The van der Waals surface area contributed by atoms with Crippen molar-refractivity contribution in [1.29, 1.82) is 0 Å². The quantitative estimate of drug-likeness (QED) is 0.831. The molecule has 0 saturated carbocycles. The van der Waals surface area contributed by atoms with Gasteiger partial charge < -0.3 is 5.73 Å². The Morgan fingerprint density at radius 3 is 2.64 bits per heavy atom. The molecular formula is C10H12ClF2N. The topological polar surface area (TPSA) is 26.0 Å². The van der Waals surface area contributed by atoms with Crippen LogP contribution < -0.4 is 5.73 Å². The van der Waals surface area contributed by atoms with Crippen molar-refractivity contribution in [2.45, 2.75) is 6.42 Å². The number of hydrogen-bond donors (Lipinski definition) is 1. The number of nitrogens with two attached hydrogens (primary N) is 1. The predicted molar refractivity (Wildman–Crippen MR) is 55.6 cm³/mol. The summed E-state index contributed by atoms with van der Waals surface area (Å²) in [7, 11) is 0. The molecule has 0 radical (unpaired) electrons. The van der Waals surface area contributed by atoms with Crippen LogP contribution in [-0.2, 0) is 6.42 Å². The Labute approximate surface area is 88.0 Å². The van der Waals surface area contributed by atoms with Crippen molar-refractivity contribution in [2.24, 2.45) is 5.73 Å². The molecule has 0 atom stereocenters. The van der Waals surface area contributed by atoms with Gasteiger partial charge in [-0.25, -0.2) is 8.78 Å². The number of hydrogen-bond acceptors (Lipinski definition) is 1. The zero-order valence-electron chi connectivity index (χ0n) is 7.54. The molecule has 0 aliphatic carbocycles. The SMILES string of the molecule is Cl.NC/C(=C\F)Cc1cccc(F)c1. The Morgan fingerprint density at radius 1 is 1.43 bits per heavy atom. The Balaban J connectivity index is 0.00000169. The zero-order valence-corrected chi connectivity index (χ0v) is 8.36. The molecule has 0 bridgehead atoms. The summed E-state index contributed by atoms with van der Waals surface area (Å²) in [6, 6.07) is 6.06. The lowest BCUT2D eigenvalue weighted by Gasteiger charge is -2.02. The van der Waals surface area contributed by atoms with Crippen LogP contribution in [0.1, 0.15) is 5.56 Å². The Bertz CT molecular complexity index is 313. The van der Waals surface area contributed by atoms with Crippen LogP contribution in [0.25, 0.3) is 0 Å². The molecule has 1 aromatic carbocycles. The van der Waals surface area contributed by atoms with Gasteiger partial charge in [-0.3, -0.25) is 0 Å². The van der Waals surface area contributed by atoms with Crippen molar-refractivity contribution >= 4 is 12.4 Å². The molecule has 78 valence electrons. The maximum atomic E-state index is 12.7. The summed E-state index contributed by atoms with van der Waals surface area (Å²) < 4.78 is 24.8. The highest BCUT2D eigenvalue weighted by atomic mass is 35.5. The van der Waals surface area contributed by atoms with Gasteiger partial charge in [-0.15, -0.1) is 12.4 Å². The van der Waals surface area contributed by atoms with Crippen molar-refractivity contribution in [3.05, 3.63) is 47.5 Å². The first-order valence-corrected chi connectivity index (χ1v) is 3.99. The summed E-state index contributed by atoms with van der Waals surface area (Å²) in [5, 5.41) is 0. The highest BCUT2D eigenvalue weighted by Crippen LogP contribution is 2.09. The third kappa shape index (κ3) is 3.85. The molecule has 0 amide bonds. The fourth-order valence-electron chi connectivity index (χ4n) is 1.06. The van der Waals surface area contributed by atoms with Gasteiger partial charge in [-0.2, -0.15) is 0 Å². The van der Waals surface area contributed by atoms with E-state index in [2.05, 4.69) is 0 Å². The molecule has 0 fully saturated rings. The minimum absolute atomic E-state index is 0. The summed E-state index contributed by atoms with van der Waals surface area (Å²) in [5.74, 6) is -0.312. The van der Waals surface area contributed by atoms with E-state index in [1.54, 1.807) is 12.1 Å². The summed E-state index contributed by atoms with van der Waals surface area (Å²) in [4.78, 5) is 0. The van der Waals surface area contributed by atoms with Crippen LogP contribution in [0, 0.1) is 5.82 Å². The standard InChI is InChI=1S/C10H11F2N.ClH/c11-6-9(7-13)4-8-2-1-3-10(12)5-8;/h1-3,5-6H,4,7,13H2;1H/b9-6-;. The summed E-state index contributed by atoms with van der Waals surface area (Å²) in [5.41, 5.74) is 6.46. The Hall–Kier alpha value is -0.930. The van der Waals surface area contributed by atoms with E-state index in [1.165, 1.54) is 12.1 Å². The molecule has 0 aromatic heterocycles. The molecule has 1 aromatic rings. The molecule has 0 saturated heterocycles. The highest BCUT2D eigenvalue weighted by Gasteiger charge is 1.99. The van der Waals surface area contributed by atoms with Crippen LogP contribution >= 0.6 is 12.4 Å². The molecule has 1 nitrogen and oxygen atoms in total. The lowest BCUT2D eigenvalue weighted by molar-refractivity contribution is 0.625. The molecule has 14 heavy (non-hydrogen) atoms. The molecular weight excluding hydrogens is 208 g/mol. The van der Waals surface area contributed by atoms with Gasteiger partial charge in [0.05, 0.1) is 6.33 Å². The van der Waals surface area contributed by atoms with Crippen LogP contribution in [0.5, 0.6) is 0 Å². The molecule has 0 aliphatic rings. The normalized spacial score (nSPS) is 10.9. The third-order valence-electron chi connectivity index (χ3n) is 1.74. The molecule has 2 N–H and O–H groups in total. The lowest BCUT2D eigenvalue weighted by Crippen LogP contribution is -2.05. The summed E-state index contributed by atoms with van der Waals surface area (Å²) >= 11 is 0. The van der Waals surface area contributed by atoms with Crippen LogP contribution in [-0.4, -0.2) is 6.54 Å². The van der Waals surface area contributed by atoms with Crippen molar-refractivity contribution in [3.8, 4) is 0 Å². The number of halogens is 3. The van der Waals surface area contributed by atoms with Gasteiger partial charge in [-0.1, -0.05) is 12.1 Å². The van der Waals surface area contributed by atoms with Gasteiger partial charge in [0.15, 0.2) is 0 Å². The molecule has 0 unspecified atom stereocenters. The average molecular weight is 220 g/mol. The van der Waals surface area contributed by atoms with Crippen LogP contribution in [0.2, 0.25) is 0 Å². The van der Waals surface area contributed by atoms with E-state index in [9.17, 15) is 8.78 Å². The van der Waals surface area contributed by atoms with Crippen LogP contribution in [0.3, 0.4) is 0 Å². The lowest BCUT2D eigenvalue weighted by atomic mass is 10.1. The second-order valence-corrected chi connectivity index (χ2v) is 2.78. The molecule has 0 aliphatic heterocycles. The number of rotatable bonds is 3. The van der Waals surface area contributed by atoms with E-state index in [-0.39, 0.29) is 24.8 Å². The first-order valence-electron chi connectivity index (χ1n) is 3.99. The van der Waals surface area contributed by atoms with E-state index < -0.39 is 0 Å². The number of benzene rings is 1. The first-order chi connectivity index (χ1) is 6.26. The van der Waals surface area contributed by atoms with Crippen LogP contribution in [0.4, 0.5) is 8.78 Å². The predicted octanol–water partition coefficient (Wildman–Crippen LogP) is 2.60. The van der Waals surface area contributed by atoms with Crippen molar-refractivity contribution < 1.29 is 8.78 Å². The fourth-order valence-corrected chi connectivity index (χ4v) is 1.06. The molecule has 0 spiro atoms. The van der Waals surface area contributed by atoms with Gasteiger partial charge in [-0.05, 0) is 29.7 Å². The molecule has 4 heteroatoms. The van der Waals surface area contributed by atoms with Gasteiger partial charge in [0, 0.05) is 6.54 Å². The third-order valence-corrected chi connectivity index (χ3v) is 1.74. The van der Waals surface area contributed by atoms with Gasteiger partial charge in [0.1, 0.15) is 5.82 Å². The Morgan fingerprint density at radius 2 is 2.14 bits per heavy atom. The maximum Gasteiger partial charge on any atom is 0.123 e. The van der Waals surface area contributed by atoms with Gasteiger partial charge in [0.25, 0.3) is 0 Å². The van der Waals surface area contributed by atoms with Crippen molar-refractivity contribution in [1.82, 2.24) is 0 Å². The second kappa shape index (κ2) is 6.51. The van der Waals surface area contributed by atoms with Gasteiger partial charge in [0.2, 0.25) is 0 Å². The maximum absolute atomic E-state index is 12.7. The monoisotopic (exact) mass is 219 g/mol. The average Bonchev–Trinajstić information content (AvgIpc) is 2.14. The molecule has 0 heterocycles. The first kappa shape index (κ1) is 13.1. The smallest absolute Gasteiger partial charge is 0.123 e. The second-order valence-electron chi connectivity index (χ2n) is 2.78. The van der Waals surface area contributed by atoms with Crippen molar-refractivity contribution in [2.75, 3.05) is 6.54 Å². The fraction of sp³-hybridized carbons (Fsp3) is 0.200. The van der Waals surface area contributed by atoms with E-state index >= 15 is 0 Å². The minimum atomic E-state index is -0.312. The van der Waals surface area contributed by atoms with E-state index in [0.717, 1.165) is 5.56 Å². The highest BCUT2D eigenvalue weighted by molar-refractivity contribution is 5.85. The van der Waals surface area contributed by atoms with Crippen LogP contribution in [0.15, 0.2) is 36.2 Å². The van der Waals surface area contributed by atoms with E-state index in [0.29, 0.717) is 18.3 Å². The minimum Gasteiger partial charge on any atom is -0.327 e. The zero-order chi connectivity index (χ0) is 9.68. The Kier molecular flexibility index (Phi) is 6.08. The van der Waals surface area contributed by atoms with Crippen molar-refractivity contribution in [3.63, 3.8) is 0 Å². The van der Waals surface area contributed by atoms with E-state index in [1.807, 2.05) is 0 Å².